The number of aryl methyl sites for hydroxylation is 1. The van der Waals surface area contributed by atoms with Gasteiger partial charge in [-0.3, -0.25) is 0 Å². The molecule has 0 aliphatic carbocycles. The monoisotopic (exact) mass is 297 g/mol. The Balaban J connectivity index is 2.25. The van der Waals surface area contributed by atoms with E-state index < -0.39 is 0 Å². The number of likely N-dealkylation sites (N-methyl/N-ethyl adjacent to an activating group) is 1. The van der Waals surface area contributed by atoms with Crippen molar-refractivity contribution in [3.63, 3.8) is 0 Å². The van der Waals surface area contributed by atoms with Crippen molar-refractivity contribution in [3.8, 4) is 0 Å². The second-order valence-electron chi connectivity index (χ2n) is 4.38. The van der Waals surface area contributed by atoms with E-state index in [1.165, 1.54) is 0 Å². The summed E-state index contributed by atoms with van der Waals surface area (Å²) in [5, 5.41) is 4.60. The Morgan fingerprint density at radius 3 is 2.53 bits per heavy atom. The van der Waals surface area contributed by atoms with Crippen molar-refractivity contribution in [1.82, 2.24) is 14.9 Å². The van der Waals surface area contributed by atoms with Gasteiger partial charge in [-0.25, -0.2) is 4.98 Å². The number of benzene rings is 1. The number of rotatable bonds is 5. The standard InChI is InChI=1S/C14H17Cl2N3/c1-3-19-5-4-18-14(19)9-13(17-2)10-6-11(15)8-12(16)7-10/h4-8,13,17H,3,9H2,1-2H3. The van der Waals surface area contributed by atoms with Crippen LogP contribution >= 0.6 is 23.2 Å². The number of nitrogens with one attached hydrogen (secondary N) is 1. The van der Waals surface area contributed by atoms with E-state index in [4.69, 9.17) is 23.2 Å². The normalized spacial score (nSPS) is 12.6. The first-order chi connectivity index (χ1) is 9.13. The maximum atomic E-state index is 6.06. The topological polar surface area (TPSA) is 29.9 Å². The molecule has 19 heavy (non-hydrogen) atoms. The van der Waals surface area contributed by atoms with E-state index in [1.54, 1.807) is 6.07 Å². The number of nitrogens with zero attached hydrogens (tertiary/aromatic N) is 2. The third-order valence-corrected chi connectivity index (χ3v) is 3.60. The number of hydrogen-bond donors (Lipinski definition) is 1. The lowest BCUT2D eigenvalue weighted by atomic mass is 10.0. The van der Waals surface area contributed by atoms with Gasteiger partial charge in [-0.2, -0.15) is 0 Å². The van der Waals surface area contributed by atoms with Crippen molar-refractivity contribution in [3.05, 3.63) is 52.0 Å². The average Bonchev–Trinajstić information content (AvgIpc) is 2.81. The van der Waals surface area contributed by atoms with Gasteiger partial charge in [-0.15, -0.1) is 0 Å². The van der Waals surface area contributed by atoms with Gasteiger partial charge in [0.1, 0.15) is 5.82 Å². The van der Waals surface area contributed by atoms with Gasteiger partial charge in [0.25, 0.3) is 0 Å². The Morgan fingerprint density at radius 2 is 1.95 bits per heavy atom. The summed E-state index contributed by atoms with van der Waals surface area (Å²) in [5.41, 5.74) is 1.07. The van der Waals surface area contributed by atoms with Crippen LogP contribution in [-0.4, -0.2) is 16.6 Å². The van der Waals surface area contributed by atoms with E-state index in [0.29, 0.717) is 10.0 Å². The molecule has 3 nitrogen and oxygen atoms in total. The van der Waals surface area contributed by atoms with Crippen LogP contribution in [0, 0.1) is 0 Å². The molecule has 0 saturated carbocycles. The molecule has 0 spiro atoms. The molecule has 0 saturated heterocycles. The van der Waals surface area contributed by atoms with Crippen LogP contribution in [0.3, 0.4) is 0 Å². The zero-order valence-electron chi connectivity index (χ0n) is 11.0. The smallest absolute Gasteiger partial charge is 0.110 e. The van der Waals surface area contributed by atoms with Gasteiger partial charge in [0.15, 0.2) is 0 Å². The Hall–Kier alpha value is -1.03. The largest absolute Gasteiger partial charge is 0.335 e. The number of halogens is 2. The van der Waals surface area contributed by atoms with Crippen LogP contribution in [0.4, 0.5) is 0 Å². The van der Waals surface area contributed by atoms with E-state index >= 15 is 0 Å². The summed E-state index contributed by atoms with van der Waals surface area (Å²) in [6.07, 6.45) is 4.62. The second kappa shape index (κ2) is 6.42. The molecule has 1 atom stereocenters. The summed E-state index contributed by atoms with van der Waals surface area (Å²) in [7, 11) is 1.93. The van der Waals surface area contributed by atoms with Crippen molar-refractivity contribution in [2.75, 3.05) is 7.05 Å². The third-order valence-electron chi connectivity index (χ3n) is 3.16. The van der Waals surface area contributed by atoms with Crippen LogP contribution in [0.25, 0.3) is 0 Å². The molecule has 0 fully saturated rings. The summed E-state index contributed by atoms with van der Waals surface area (Å²) in [6.45, 7) is 3.03. The Kier molecular flexibility index (Phi) is 4.86. The van der Waals surface area contributed by atoms with Gasteiger partial charge in [0.2, 0.25) is 0 Å². The molecule has 1 unspecified atom stereocenters. The molecule has 1 N–H and O–H groups in total. The van der Waals surface area contributed by atoms with Gasteiger partial charge >= 0.3 is 0 Å². The lowest BCUT2D eigenvalue weighted by Gasteiger charge is -2.17. The van der Waals surface area contributed by atoms with Gasteiger partial charge in [-0.05, 0) is 37.7 Å². The van der Waals surface area contributed by atoms with Crippen molar-refractivity contribution >= 4 is 23.2 Å². The molecule has 2 rings (SSSR count). The minimum atomic E-state index is 0.142. The highest BCUT2D eigenvalue weighted by Crippen LogP contribution is 2.25. The quantitative estimate of drug-likeness (QED) is 0.912. The highest BCUT2D eigenvalue weighted by Gasteiger charge is 2.14. The molecule has 0 bridgehead atoms. The highest BCUT2D eigenvalue weighted by molar-refractivity contribution is 6.34. The summed E-state index contributed by atoms with van der Waals surface area (Å²) >= 11 is 12.1. The van der Waals surface area contributed by atoms with Crippen LogP contribution in [0.5, 0.6) is 0 Å². The Morgan fingerprint density at radius 1 is 1.26 bits per heavy atom. The number of imidazole rings is 1. The zero-order chi connectivity index (χ0) is 13.8. The second-order valence-corrected chi connectivity index (χ2v) is 5.25. The Bertz CT molecular complexity index is 531. The minimum Gasteiger partial charge on any atom is -0.335 e. The average molecular weight is 298 g/mol. The van der Waals surface area contributed by atoms with Crippen molar-refractivity contribution < 1.29 is 0 Å². The maximum Gasteiger partial charge on any atom is 0.110 e. The molecule has 2 aromatic rings. The maximum absolute atomic E-state index is 6.06. The van der Waals surface area contributed by atoms with Crippen LogP contribution in [0.15, 0.2) is 30.6 Å². The number of hydrogen-bond acceptors (Lipinski definition) is 2. The molecule has 1 heterocycles. The molecule has 0 aliphatic rings. The van der Waals surface area contributed by atoms with Crippen molar-refractivity contribution in [2.24, 2.45) is 0 Å². The fourth-order valence-corrected chi connectivity index (χ4v) is 2.71. The van der Waals surface area contributed by atoms with Gasteiger partial charge in [0.05, 0.1) is 0 Å². The lowest BCUT2D eigenvalue weighted by molar-refractivity contribution is 0.553. The predicted molar refractivity (Wildman–Crippen MR) is 79.9 cm³/mol. The summed E-state index contributed by atoms with van der Waals surface area (Å²) in [6, 6.07) is 5.76. The van der Waals surface area contributed by atoms with Gasteiger partial charge in [-0.1, -0.05) is 23.2 Å². The third kappa shape index (κ3) is 3.50. The molecule has 1 aromatic carbocycles. The van der Waals surface area contributed by atoms with Crippen LogP contribution in [0.2, 0.25) is 10.0 Å². The highest BCUT2D eigenvalue weighted by atomic mass is 35.5. The molecule has 0 aliphatic heterocycles. The van der Waals surface area contributed by atoms with Crippen molar-refractivity contribution in [2.45, 2.75) is 25.9 Å². The van der Waals surface area contributed by atoms with E-state index in [-0.39, 0.29) is 6.04 Å². The summed E-state index contributed by atoms with van der Waals surface area (Å²) < 4.78 is 2.14. The van der Waals surface area contributed by atoms with Gasteiger partial charge in [0, 0.05) is 41.4 Å². The molecular weight excluding hydrogens is 281 g/mol. The van der Waals surface area contributed by atoms with Crippen LogP contribution in [-0.2, 0) is 13.0 Å². The van der Waals surface area contributed by atoms with Crippen molar-refractivity contribution in [1.29, 1.82) is 0 Å². The predicted octanol–water partition coefficient (Wildman–Crippen LogP) is 3.71. The fraction of sp³-hybridized carbons (Fsp3) is 0.357. The molecule has 5 heteroatoms. The van der Waals surface area contributed by atoms with E-state index in [1.807, 2.05) is 31.6 Å². The molecule has 0 radical (unpaired) electrons. The molecular formula is C14H17Cl2N3. The first kappa shape index (κ1) is 14.4. The first-order valence-corrected chi connectivity index (χ1v) is 7.03. The molecule has 0 amide bonds. The number of aromatic nitrogens is 2. The zero-order valence-corrected chi connectivity index (χ0v) is 12.5. The fourth-order valence-electron chi connectivity index (χ4n) is 2.16. The van der Waals surface area contributed by atoms with Gasteiger partial charge < -0.3 is 9.88 Å². The Labute approximate surface area is 123 Å². The van der Waals surface area contributed by atoms with Crippen LogP contribution < -0.4 is 5.32 Å². The summed E-state index contributed by atoms with van der Waals surface area (Å²) in [5.74, 6) is 1.05. The van der Waals surface area contributed by atoms with E-state index in [0.717, 1.165) is 24.4 Å². The molecule has 102 valence electrons. The summed E-state index contributed by atoms with van der Waals surface area (Å²) in [4.78, 5) is 4.40. The molecule has 1 aromatic heterocycles. The van der Waals surface area contributed by atoms with E-state index in [9.17, 15) is 0 Å². The SMILES string of the molecule is CCn1ccnc1CC(NC)c1cc(Cl)cc(Cl)c1. The minimum absolute atomic E-state index is 0.142. The van der Waals surface area contributed by atoms with E-state index in [2.05, 4.69) is 21.8 Å². The first-order valence-electron chi connectivity index (χ1n) is 6.27. The lowest BCUT2D eigenvalue weighted by Crippen LogP contribution is -2.20. The van der Waals surface area contributed by atoms with Crippen LogP contribution in [0.1, 0.15) is 24.4 Å².